The Kier molecular flexibility index (Phi) is 7.86. The van der Waals surface area contributed by atoms with Crippen LogP contribution in [0, 0.1) is 13.8 Å². The van der Waals surface area contributed by atoms with Gasteiger partial charge in [0.1, 0.15) is 12.3 Å². The number of aryl methyl sites for hydroxylation is 2. The van der Waals surface area contributed by atoms with E-state index in [2.05, 4.69) is 11.9 Å². The number of anilines is 1. The lowest BCUT2D eigenvalue weighted by atomic mass is 10.1. The topological polar surface area (TPSA) is 65.8 Å². The predicted molar refractivity (Wildman–Crippen MR) is 126 cm³/mol. The lowest BCUT2D eigenvalue weighted by Crippen LogP contribution is -2.44. The Balaban J connectivity index is 1.76. The van der Waals surface area contributed by atoms with E-state index in [1.165, 1.54) is 4.90 Å². The van der Waals surface area contributed by atoms with Crippen LogP contribution in [0.2, 0.25) is 0 Å². The van der Waals surface area contributed by atoms with Crippen molar-refractivity contribution in [1.29, 1.82) is 0 Å². The molecule has 0 saturated heterocycles. The van der Waals surface area contributed by atoms with E-state index in [1.54, 1.807) is 23.3 Å². The maximum absolute atomic E-state index is 13.3. The molecule has 0 aliphatic heterocycles. The number of hydrogen-bond acceptors (Lipinski definition) is 3. The second-order valence-electron chi connectivity index (χ2n) is 7.68. The first-order chi connectivity index (χ1) is 15.5. The second-order valence-corrected chi connectivity index (χ2v) is 7.68. The first-order valence-electron chi connectivity index (χ1n) is 10.5. The standard InChI is InChI=1S/C26H29N3O3/c1-4-15-28(26(31)27-25-20(2)10-8-11-21(25)3)19-24(30)29(18-23-14-9-16-32-23)17-22-12-6-5-7-13-22/h4-14,16H,1,15,17-19H2,2-3H3,(H,27,31). The highest BCUT2D eigenvalue weighted by Crippen LogP contribution is 2.20. The number of urea groups is 1. The number of hydrogen-bond donors (Lipinski definition) is 1. The molecule has 32 heavy (non-hydrogen) atoms. The number of amides is 3. The molecule has 0 atom stereocenters. The summed E-state index contributed by atoms with van der Waals surface area (Å²) < 4.78 is 5.45. The first kappa shape index (κ1) is 22.9. The van der Waals surface area contributed by atoms with Gasteiger partial charge in [0.2, 0.25) is 5.91 Å². The summed E-state index contributed by atoms with van der Waals surface area (Å²) in [6.07, 6.45) is 3.20. The molecule has 0 unspecified atom stereocenters. The fourth-order valence-electron chi connectivity index (χ4n) is 3.46. The molecule has 0 spiro atoms. The molecule has 0 radical (unpaired) electrons. The van der Waals surface area contributed by atoms with Crippen LogP contribution in [0.25, 0.3) is 0 Å². The summed E-state index contributed by atoms with van der Waals surface area (Å²) in [5.41, 5.74) is 3.69. The van der Waals surface area contributed by atoms with Crippen molar-refractivity contribution < 1.29 is 14.0 Å². The Bertz CT molecular complexity index is 1030. The molecule has 2 aromatic carbocycles. The molecular formula is C26H29N3O3. The van der Waals surface area contributed by atoms with E-state index in [1.807, 2.05) is 68.4 Å². The zero-order chi connectivity index (χ0) is 22.9. The van der Waals surface area contributed by atoms with Crippen molar-refractivity contribution in [2.24, 2.45) is 0 Å². The summed E-state index contributed by atoms with van der Waals surface area (Å²) in [5, 5.41) is 2.95. The number of para-hydroxylation sites is 1. The van der Waals surface area contributed by atoms with Crippen LogP contribution < -0.4 is 5.32 Å². The molecule has 1 heterocycles. The summed E-state index contributed by atoms with van der Waals surface area (Å²) in [4.78, 5) is 29.4. The normalized spacial score (nSPS) is 10.4. The molecule has 0 saturated carbocycles. The van der Waals surface area contributed by atoms with E-state index in [0.717, 1.165) is 22.4 Å². The average Bonchev–Trinajstić information content (AvgIpc) is 3.29. The van der Waals surface area contributed by atoms with E-state index in [-0.39, 0.29) is 25.0 Å². The van der Waals surface area contributed by atoms with Crippen molar-refractivity contribution in [2.45, 2.75) is 26.9 Å². The molecular weight excluding hydrogens is 402 g/mol. The highest BCUT2D eigenvalue weighted by atomic mass is 16.3. The monoisotopic (exact) mass is 431 g/mol. The fraction of sp³-hybridized carbons (Fsp3) is 0.231. The van der Waals surface area contributed by atoms with Gasteiger partial charge in [-0.05, 0) is 42.7 Å². The van der Waals surface area contributed by atoms with Crippen molar-refractivity contribution in [1.82, 2.24) is 9.80 Å². The molecule has 1 N–H and O–H groups in total. The van der Waals surface area contributed by atoms with Crippen LogP contribution in [0.4, 0.5) is 10.5 Å². The molecule has 6 nitrogen and oxygen atoms in total. The van der Waals surface area contributed by atoms with Gasteiger partial charge in [-0.25, -0.2) is 4.79 Å². The number of nitrogens with zero attached hydrogens (tertiary/aromatic N) is 2. The lowest BCUT2D eigenvalue weighted by Gasteiger charge is -2.27. The van der Waals surface area contributed by atoms with E-state index in [9.17, 15) is 9.59 Å². The van der Waals surface area contributed by atoms with Crippen LogP contribution in [-0.2, 0) is 17.9 Å². The largest absolute Gasteiger partial charge is 0.467 e. The van der Waals surface area contributed by atoms with Crippen LogP contribution in [0.3, 0.4) is 0 Å². The van der Waals surface area contributed by atoms with E-state index >= 15 is 0 Å². The van der Waals surface area contributed by atoms with Gasteiger partial charge in [-0.15, -0.1) is 6.58 Å². The van der Waals surface area contributed by atoms with Crippen LogP contribution >= 0.6 is 0 Å². The molecule has 3 rings (SSSR count). The van der Waals surface area contributed by atoms with Gasteiger partial charge < -0.3 is 19.5 Å². The smallest absolute Gasteiger partial charge is 0.322 e. The van der Waals surface area contributed by atoms with Gasteiger partial charge in [0, 0.05) is 18.8 Å². The van der Waals surface area contributed by atoms with Crippen LogP contribution in [0.1, 0.15) is 22.5 Å². The Morgan fingerprint density at radius 3 is 2.28 bits per heavy atom. The Labute approximate surface area is 189 Å². The highest BCUT2D eigenvalue weighted by molar-refractivity contribution is 5.93. The number of rotatable bonds is 9. The highest BCUT2D eigenvalue weighted by Gasteiger charge is 2.22. The molecule has 3 amide bonds. The molecule has 0 fully saturated rings. The number of furan rings is 1. The minimum atomic E-state index is -0.340. The van der Waals surface area contributed by atoms with Gasteiger partial charge in [0.05, 0.1) is 12.8 Å². The number of benzene rings is 2. The van der Waals surface area contributed by atoms with Gasteiger partial charge in [0.15, 0.2) is 0 Å². The summed E-state index contributed by atoms with van der Waals surface area (Å²) in [7, 11) is 0. The predicted octanol–water partition coefficient (Wildman–Crippen LogP) is 5.15. The number of nitrogens with one attached hydrogen (secondary N) is 1. The third-order valence-electron chi connectivity index (χ3n) is 5.17. The van der Waals surface area contributed by atoms with E-state index in [0.29, 0.717) is 18.8 Å². The third kappa shape index (κ3) is 6.11. The van der Waals surface area contributed by atoms with Gasteiger partial charge in [-0.2, -0.15) is 0 Å². The van der Waals surface area contributed by atoms with Crippen LogP contribution in [0.5, 0.6) is 0 Å². The Hall–Kier alpha value is -3.80. The molecule has 3 aromatic rings. The summed E-state index contributed by atoms with van der Waals surface area (Å²) in [6.45, 7) is 8.54. The molecule has 166 valence electrons. The third-order valence-corrected chi connectivity index (χ3v) is 5.17. The summed E-state index contributed by atoms with van der Waals surface area (Å²) in [5.74, 6) is 0.508. The van der Waals surface area contributed by atoms with Gasteiger partial charge in [-0.3, -0.25) is 4.79 Å². The summed E-state index contributed by atoms with van der Waals surface area (Å²) in [6, 6.07) is 18.9. The van der Waals surface area contributed by atoms with Crippen LogP contribution in [-0.4, -0.2) is 34.8 Å². The molecule has 6 heteroatoms. The van der Waals surface area contributed by atoms with Crippen molar-refractivity contribution in [3.63, 3.8) is 0 Å². The fourth-order valence-corrected chi connectivity index (χ4v) is 3.46. The van der Waals surface area contributed by atoms with E-state index < -0.39 is 0 Å². The Morgan fingerprint density at radius 1 is 0.938 bits per heavy atom. The summed E-state index contributed by atoms with van der Waals surface area (Å²) >= 11 is 0. The molecule has 0 aliphatic rings. The van der Waals surface area contributed by atoms with Gasteiger partial charge in [0.25, 0.3) is 0 Å². The van der Waals surface area contributed by atoms with Crippen LogP contribution in [0.15, 0.2) is 84.0 Å². The maximum atomic E-state index is 13.3. The maximum Gasteiger partial charge on any atom is 0.322 e. The molecule has 1 aromatic heterocycles. The van der Waals surface area contributed by atoms with Crippen molar-refractivity contribution in [3.8, 4) is 0 Å². The minimum absolute atomic E-state index is 0.0731. The molecule has 0 aliphatic carbocycles. The van der Waals surface area contributed by atoms with E-state index in [4.69, 9.17) is 4.42 Å². The zero-order valence-electron chi connectivity index (χ0n) is 18.6. The first-order valence-corrected chi connectivity index (χ1v) is 10.5. The zero-order valence-corrected chi connectivity index (χ0v) is 18.6. The number of carbonyl (C=O) groups is 2. The average molecular weight is 432 g/mol. The minimum Gasteiger partial charge on any atom is -0.467 e. The quantitative estimate of drug-likeness (QED) is 0.477. The van der Waals surface area contributed by atoms with Crippen molar-refractivity contribution in [3.05, 3.63) is 102 Å². The SMILES string of the molecule is C=CCN(CC(=O)N(Cc1ccccc1)Cc1ccco1)C(=O)Nc1c(C)cccc1C. The lowest BCUT2D eigenvalue weighted by molar-refractivity contribution is -0.133. The number of carbonyl (C=O) groups excluding carboxylic acids is 2. The Morgan fingerprint density at radius 2 is 1.66 bits per heavy atom. The van der Waals surface area contributed by atoms with Gasteiger partial charge >= 0.3 is 6.03 Å². The van der Waals surface area contributed by atoms with Gasteiger partial charge in [-0.1, -0.05) is 54.6 Å². The van der Waals surface area contributed by atoms with Crippen molar-refractivity contribution in [2.75, 3.05) is 18.4 Å². The second kappa shape index (κ2) is 11.0. The molecule has 0 bridgehead atoms. The van der Waals surface area contributed by atoms with Crippen molar-refractivity contribution >= 4 is 17.6 Å².